The number of para-hydroxylation sites is 1. The minimum absolute atomic E-state index is 0. The lowest BCUT2D eigenvalue weighted by Crippen LogP contribution is -2.28. The summed E-state index contributed by atoms with van der Waals surface area (Å²) in [5.74, 6) is 0.560. The summed E-state index contributed by atoms with van der Waals surface area (Å²) in [7, 11) is 0. The molecule has 3 N–H and O–H groups in total. The van der Waals surface area contributed by atoms with Gasteiger partial charge in [-0.05, 0) is 49.1 Å². The molecule has 0 aliphatic heterocycles. The number of thioether (sulfide) groups is 1. The van der Waals surface area contributed by atoms with Crippen molar-refractivity contribution in [1.82, 2.24) is 15.0 Å². The van der Waals surface area contributed by atoms with Gasteiger partial charge in [-0.25, -0.2) is 4.98 Å². The van der Waals surface area contributed by atoms with E-state index in [1.807, 2.05) is 36.6 Å². The molecular formula is C23H24N4O3S. The molecule has 0 fully saturated rings. The zero-order valence-electron chi connectivity index (χ0n) is 17.5. The second-order valence-corrected chi connectivity index (χ2v) is 7.41. The molecule has 3 rings (SSSR count). The van der Waals surface area contributed by atoms with Crippen LogP contribution in [0.2, 0.25) is 0 Å². The topological polar surface area (TPSA) is 111 Å². The number of phenols is 1. The maximum absolute atomic E-state index is 12.1. The van der Waals surface area contributed by atoms with E-state index in [2.05, 4.69) is 21.5 Å². The molecule has 31 heavy (non-hydrogen) atoms. The number of amides is 1. The summed E-state index contributed by atoms with van der Waals surface area (Å²) in [6, 6.07) is 14.8. The van der Waals surface area contributed by atoms with Crippen molar-refractivity contribution in [3.05, 3.63) is 72.2 Å². The van der Waals surface area contributed by atoms with Crippen LogP contribution in [0.5, 0.6) is 5.75 Å². The lowest BCUT2D eigenvalue weighted by molar-refractivity contribution is -0.116. The van der Waals surface area contributed by atoms with E-state index in [0.29, 0.717) is 17.1 Å². The van der Waals surface area contributed by atoms with Crippen LogP contribution in [0.25, 0.3) is 23.5 Å². The number of carbonyl (C=O) groups is 1. The van der Waals surface area contributed by atoms with Gasteiger partial charge in [0.2, 0.25) is 11.9 Å². The minimum atomic E-state index is -0.264. The van der Waals surface area contributed by atoms with E-state index in [9.17, 15) is 9.90 Å². The Morgan fingerprint density at radius 1 is 1.03 bits per heavy atom. The molecule has 1 amide bonds. The Balaban J connectivity index is 0.00000341. The van der Waals surface area contributed by atoms with Gasteiger partial charge in [0.25, 0.3) is 0 Å². The second-order valence-electron chi connectivity index (χ2n) is 6.53. The fourth-order valence-electron chi connectivity index (χ4n) is 2.80. The third kappa shape index (κ3) is 5.78. The smallest absolute Gasteiger partial charge is 0.240 e. The molecule has 0 bridgehead atoms. The zero-order chi connectivity index (χ0) is 21.7. The number of carbonyl (C=O) groups excluding carboxylic acids is 1. The molecule has 0 aliphatic rings. The number of hydrogen-bond acceptors (Lipinski definition) is 6. The second kappa shape index (κ2) is 10.5. The van der Waals surface area contributed by atoms with Crippen molar-refractivity contribution in [2.24, 2.45) is 0 Å². The largest absolute Gasteiger partial charge is 0.507 e. The van der Waals surface area contributed by atoms with Gasteiger partial charge in [-0.1, -0.05) is 36.9 Å². The highest BCUT2D eigenvalue weighted by Gasteiger charge is 2.19. The summed E-state index contributed by atoms with van der Waals surface area (Å²) in [5.41, 5.74) is 1.92. The van der Waals surface area contributed by atoms with Gasteiger partial charge in [0.15, 0.2) is 11.6 Å². The lowest BCUT2D eigenvalue weighted by Gasteiger charge is -2.19. The zero-order valence-corrected chi connectivity index (χ0v) is 18.3. The van der Waals surface area contributed by atoms with Crippen LogP contribution in [0.1, 0.15) is 25.2 Å². The Morgan fingerprint density at radius 2 is 1.71 bits per heavy atom. The number of benzene rings is 2. The summed E-state index contributed by atoms with van der Waals surface area (Å²) < 4.78 is 0. The molecule has 3 aromatic rings. The maximum Gasteiger partial charge on any atom is 0.240 e. The van der Waals surface area contributed by atoms with Gasteiger partial charge in [0.05, 0.1) is 5.56 Å². The van der Waals surface area contributed by atoms with Crippen LogP contribution in [0.15, 0.2) is 65.7 Å². The molecule has 160 valence electrons. The lowest BCUT2D eigenvalue weighted by atomic mass is 10.2. The van der Waals surface area contributed by atoms with E-state index in [4.69, 9.17) is 0 Å². The normalized spacial score (nSPS) is 10.5. The van der Waals surface area contributed by atoms with Crippen molar-refractivity contribution in [3.63, 3.8) is 0 Å². The van der Waals surface area contributed by atoms with E-state index in [0.717, 1.165) is 5.56 Å². The summed E-state index contributed by atoms with van der Waals surface area (Å²) in [4.78, 5) is 28.0. The van der Waals surface area contributed by atoms with Crippen LogP contribution in [-0.4, -0.2) is 37.7 Å². The van der Waals surface area contributed by atoms with Gasteiger partial charge in [0.1, 0.15) is 5.75 Å². The van der Waals surface area contributed by atoms with Crippen LogP contribution in [0, 0.1) is 0 Å². The molecule has 0 saturated carbocycles. The third-order valence-corrected chi connectivity index (χ3v) is 4.97. The standard InChI is InChI=1S/C23H22N4O2S.H2O/c1-15(2)27(16(3)28)23-25-21(14-11-17-9-12-18(30-4)13-10-17)24-22(26-23)19-7-5-6-8-20(19)29;/h5-14,29H,1H2,2-4H3;1H2/b14-11+;. The number of nitrogens with zero attached hydrogens (tertiary/aromatic N) is 4. The summed E-state index contributed by atoms with van der Waals surface area (Å²) in [5, 5.41) is 10.2. The predicted octanol–water partition coefficient (Wildman–Crippen LogP) is 4.20. The molecule has 0 unspecified atom stereocenters. The first-order valence-corrected chi connectivity index (χ1v) is 10.4. The van der Waals surface area contributed by atoms with Crippen molar-refractivity contribution in [2.45, 2.75) is 18.7 Å². The summed E-state index contributed by atoms with van der Waals surface area (Å²) >= 11 is 1.68. The quantitative estimate of drug-likeness (QED) is 0.580. The first-order valence-electron chi connectivity index (χ1n) is 9.22. The number of allylic oxidation sites excluding steroid dienone is 1. The van der Waals surface area contributed by atoms with Crippen molar-refractivity contribution < 1.29 is 15.4 Å². The Kier molecular flexibility index (Phi) is 8.07. The highest BCUT2D eigenvalue weighted by molar-refractivity contribution is 7.98. The van der Waals surface area contributed by atoms with Crippen molar-refractivity contribution in [2.75, 3.05) is 11.2 Å². The van der Waals surface area contributed by atoms with Gasteiger partial charge in [-0.15, -0.1) is 11.8 Å². The maximum atomic E-state index is 12.1. The first kappa shape index (κ1) is 23.8. The van der Waals surface area contributed by atoms with E-state index in [1.54, 1.807) is 49.0 Å². The predicted molar refractivity (Wildman–Crippen MR) is 126 cm³/mol. The van der Waals surface area contributed by atoms with E-state index < -0.39 is 0 Å². The van der Waals surface area contributed by atoms with Crippen LogP contribution < -0.4 is 4.90 Å². The SMILES string of the molecule is C=C(C)N(C(C)=O)c1nc(/C=C/c2ccc(SC)cc2)nc(-c2ccccc2O)n1.O. The number of hydrogen-bond donors (Lipinski definition) is 1. The van der Waals surface area contributed by atoms with Gasteiger partial charge in [0, 0.05) is 17.5 Å². The molecule has 1 heterocycles. The van der Waals surface area contributed by atoms with Gasteiger partial charge in [-0.3, -0.25) is 9.69 Å². The van der Waals surface area contributed by atoms with Crippen LogP contribution >= 0.6 is 11.8 Å². The average Bonchev–Trinajstić information content (AvgIpc) is 2.72. The molecule has 2 aromatic carbocycles. The van der Waals surface area contributed by atoms with Crippen molar-refractivity contribution in [3.8, 4) is 17.1 Å². The molecule has 7 nitrogen and oxygen atoms in total. The fourth-order valence-corrected chi connectivity index (χ4v) is 3.21. The molecular weight excluding hydrogens is 412 g/mol. The van der Waals surface area contributed by atoms with E-state index in [-0.39, 0.29) is 28.9 Å². The van der Waals surface area contributed by atoms with Crippen LogP contribution in [0.4, 0.5) is 5.95 Å². The Labute approximate surface area is 185 Å². The van der Waals surface area contributed by atoms with E-state index in [1.165, 1.54) is 16.7 Å². The molecule has 8 heteroatoms. The minimum Gasteiger partial charge on any atom is -0.507 e. The Bertz CT molecular complexity index is 1100. The van der Waals surface area contributed by atoms with Crippen LogP contribution in [-0.2, 0) is 4.79 Å². The molecule has 1 aromatic heterocycles. The Morgan fingerprint density at radius 3 is 2.29 bits per heavy atom. The van der Waals surface area contributed by atoms with E-state index >= 15 is 0 Å². The molecule has 0 saturated heterocycles. The Hall–Kier alpha value is -3.49. The molecule has 0 atom stereocenters. The number of anilines is 1. The number of rotatable bonds is 6. The highest BCUT2D eigenvalue weighted by Crippen LogP contribution is 2.28. The summed E-state index contributed by atoms with van der Waals surface area (Å²) in [6.07, 6.45) is 5.66. The van der Waals surface area contributed by atoms with Crippen molar-refractivity contribution in [1.29, 1.82) is 0 Å². The van der Waals surface area contributed by atoms with Gasteiger partial charge in [-0.2, -0.15) is 9.97 Å². The number of phenolic OH excluding ortho intramolecular Hbond substituents is 1. The third-order valence-electron chi connectivity index (χ3n) is 4.22. The molecule has 0 radical (unpaired) electrons. The number of aromatic nitrogens is 3. The molecule has 0 aliphatic carbocycles. The van der Waals surface area contributed by atoms with Gasteiger partial charge < -0.3 is 10.6 Å². The molecule has 0 spiro atoms. The summed E-state index contributed by atoms with van der Waals surface area (Å²) in [6.45, 7) is 6.97. The first-order chi connectivity index (χ1) is 14.4. The highest BCUT2D eigenvalue weighted by atomic mass is 32.2. The number of aromatic hydroxyl groups is 1. The monoisotopic (exact) mass is 436 g/mol. The van der Waals surface area contributed by atoms with Gasteiger partial charge >= 0.3 is 0 Å². The van der Waals surface area contributed by atoms with Crippen molar-refractivity contribution >= 4 is 35.8 Å². The fraction of sp³-hybridized carbons (Fsp3) is 0.130. The van der Waals surface area contributed by atoms with Crippen LogP contribution in [0.3, 0.4) is 0 Å². The average molecular weight is 437 g/mol.